The van der Waals surface area contributed by atoms with Crippen molar-refractivity contribution in [3.8, 4) is 6.07 Å². The molecule has 2 aliphatic heterocycles. The predicted molar refractivity (Wildman–Crippen MR) is 111 cm³/mol. The Morgan fingerprint density at radius 3 is 2.46 bits per heavy atom. The molecule has 0 radical (unpaired) electrons. The first-order chi connectivity index (χ1) is 13.4. The van der Waals surface area contributed by atoms with Crippen LogP contribution in [0.15, 0.2) is 24.4 Å². The maximum Gasteiger partial charge on any atom is 0.142 e. The third kappa shape index (κ3) is 4.36. The van der Waals surface area contributed by atoms with E-state index in [2.05, 4.69) is 42.2 Å². The van der Waals surface area contributed by atoms with Crippen molar-refractivity contribution in [1.29, 1.82) is 5.26 Å². The standard InChI is InChI=1S/C16H18N4O.C6H13N/c1-11-7-13(12(2)21)10-19(9-11)15-4-3-14(8-17)20-16(15)5-6-18-20;1-5-3-7-4-6(5)2/h3-6,11,13H,7,9-10H2,1-2H3;5-7H,3-4H2,1-2H3. The Balaban J connectivity index is 0.000000271. The Bertz CT molecular complexity index is 859. The largest absolute Gasteiger partial charge is 0.369 e. The second kappa shape index (κ2) is 8.74. The van der Waals surface area contributed by atoms with E-state index in [4.69, 9.17) is 5.26 Å². The average Bonchev–Trinajstić information content (AvgIpc) is 3.30. The fourth-order valence-electron chi connectivity index (χ4n) is 4.14. The maximum atomic E-state index is 11.7. The number of nitriles is 1. The summed E-state index contributed by atoms with van der Waals surface area (Å²) in [5, 5.41) is 16.7. The first-order valence-electron chi connectivity index (χ1n) is 10.2. The van der Waals surface area contributed by atoms with Gasteiger partial charge in [0.15, 0.2) is 0 Å². The Morgan fingerprint density at radius 2 is 1.89 bits per heavy atom. The van der Waals surface area contributed by atoms with Crippen LogP contribution in [0.1, 0.15) is 39.8 Å². The fraction of sp³-hybridized carbons (Fsp3) is 0.591. The normalized spacial score (nSPS) is 27.2. The minimum atomic E-state index is 0.0902. The molecule has 2 aromatic rings. The number of hydrogen-bond acceptors (Lipinski definition) is 5. The molecule has 4 heterocycles. The number of nitrogens with zero attached hydrogens (tertiary/aromatic N) is 4. The Morgan fingerprint density at radius 1 is 1.18 bits per heavy atom. The molecule has 150 valence electrons. The van der Waals surface area contributed by atoms with Gasteiger partial charge in [-0.05, 0) is 62.4 Å². The predicted octanol–water partition coefficient (Wildman–Crippen LogP) is 3.12. The second-order valence-electron chi connectivity index (χ2n) is 8.51. The van der Waals surface area contributed by atoms with E-state index >= 15 is 0 Å². The summed E-state index contributed by atoms with van der Waals surface area (Å²) < 4.78 is 1.66. The van der Waals surface area contributed by atoms with Gasteiger partial charge in [0, 0.05) is 19.0 Å². The fourth-order valence-corrected chi connectivity index (χ4v) is 4.14. The molecule has 0 aromatic carbocycles. The number of Topliss-reactive ketones (excluding diaryl/α,β-unsaturated/α-hetero) is 1. The van der Waals surface area contributed by atoms with Gasteiger partial charge in [0.25, 0.3) is 0 Å². The lowest BCUT2D eigenvalue weighted by Crippen LogP contribution is -2.42. The van der Waals surface area contributed by atoms with Gasteiger partial charge >= 0.3 is 0 Å². The number of piperidine rings is 1. The molecule has 2 aromatic heterocycles. The quantitative estimate of drug-likeness (QED) is 0.865. The van der Waals surface area contributed by atoms with Crippen molar-refractivity contribution >= 4 is 17.0 Å². The van der Waals surface area contributed by atoms with Gasteiger partial charge in [-0.1, -0.05) is 20.8 Å². The molecular formula is C22H31N5O. The molecule has 28 heavy (non-hydrogen) atoms. The summed E-state index contributed by atoms with van der Waals surface area (Å²) in [5.74, 6) is 2.63. The number of pyridine rings is 1. The number of fused-ring (bicyclic) bond motifs is 1. The Hall–Kier alpha value is -2.39. The molecule has 0 bridgehead atoms. The molecule has 4 atom stereocenters. The highest BCUT2D eigenvalue weighted by Gasteiger charge is 2.28. The van der Waals surface area contributed by atoms with E-state index in [9.17, 15) is 4.79 Å². The van der Waals surface area contributed by atoms with Gasteiger partial charge in [-0.15, -0.1) is 0 Å². The SMILES string of the molecule is CC(=O)C1CC(C)CN(c2ccc(C#N)n3nccc23)C1.CC1CNCC1C. The van der Waals surface area contributed by atoms with E-state index in [1.807, 2.05) is 12.1 Å². The number of anilines is 1. The summed E-state index contributed by atoms with van der Waals surface area (Å²) in [7, 11) is 0. The van der Waals surface area contributed by atoms with Gasteiger partial charge in [0.1, 0.15) is 17.5 Å². The number of carbonyl (C=O) groups excluding carboxylic acids is 1. The van der Waals surface area contributed by atoms with Gasteiger partial charge in [-0.2, -0.15) is 10.4 Å². The molecule has 4 rings (SSSR count). The minimum Gasteiger partial charge on any atom is -0.369 e. The van der Waals surface area contributed by atoms with Crippen LogP contribution < -0.4 is 10.2 Å². The molecular weight excluding hydrogens is 350 g/mol. The van der Waals surface area contributed by atoms with Gasteiger partial charge in [0.2, 0.25) is 0 Å². The third-order valence-electron chi connectivity index (χ3n) is 6.13. The molecule has 1 N–H and O–H groups in total. The molecule has 6 heteroatoms. The molecule has 0 saturated carbocycles. The van der Waals surface area contributed by atoms with Gasteiger partial charge in [-0.25, -0.2) is 4.52 Å². The zero-order valence-corrected chi connectivity index (χ0v) is 17.4. The van der Waals surface area contributed by atoms with Crippen LogP contribution >= 0.6 is 0 Å². The number of rotatable bonds is 2. The zero-order chi connectivity index (χ0) is 20.3. The highest BCUT2D eigenvalue weighted by atomic mass is 16.1. The Kier molecular flexibility index (Phi) is 6.35. The van der Waals surface area contributed by atoms with Crippen molar-refractivity contribution in [3.63, 3.8) is 0 Å². The second-order valence-corrected chi connectivity index (χ2v) is 8.51. The lowest BCUT2D eigenvalue weighted by molar-refractivity contribution is -0.121. The molecule has 4 unspecified atom stereocenters. The van der Waals surface area contributed by atoms with Crippen LogP contribution in [0.4, 0.5) is 5.69 Å². The van der Waals surface area contributed by atoms with Crippen molar-refractivity contribution in [3.05, 3.63) is 30.1 Å². The topological polar surface area (TPSA) is 73.4 Å². The number of nitrogens with one attached hydrogen (secondary N) is 1. The van der Waals surface area contributed by atoms with E-state index in [0.717, 1.165) is 42.6 Å². The smallest absolute Gasteiger partial charge is 0.142 e. The van der Waals surface area contributed by atoms with Crippen molar-refractivity contribution in [2.75, 3.05) is 31.1 Å². The lowest BCUT2D eigenvalue weighted by Gasteiger charge is -2.37. The highest BCUT2D eigenvalue weighted by Crippen LogP contribution is 2.30. The van der Waals surface area contributed by atoms with Crippen LogP contribution in [0.25, 0.3) is 5.52 Å². The van der Waals surface area contributed by atoms with Crippen molar-refractivity contribution < 1.29 is 4.79 Å². The van der Waals surface area contributed by atoms with Crippen LogP contribution in [0.2, 0.25) is 0 Å². The highest BCUT2D eigenvalue weighted by molar-refractivity contribution is 5.80. The summed E-state index contributed by atoms with van der Waals surface area (Å²) in [4.78, 5) is 14.0. The molecule has 2 fully saturated rings. The summed E-state index contributed by atoms with van der Waals surface area (Å²) in [6, 6.07) is 7.82. The number of aromatic nitrogens is 2. The molecule has 0 amide bonds. The van der Waals surface area contributed by atoms with Gasteiger partial charge in [0.05, 0.1) is 17.4 Å². The zero-order valence-electron chi connectivity index (χ0n) is 17.4. The number of ketones is 1. The number of carbonyl (C=O) groups is 1. The van der Waals surface area contributed by atoms with Crippen LogP contribution in [0.3, 0.4) is 0 Å². The molecule has 0 spiro atoms. The first kappa shape index (κ1) is 20.3. The van der Waals surface area contributed by atoms with E-state index in [-0.39, 0.29) is 11.7 Å². The van der Waals surface area contributed by atoms with Gasteiger partial charge in [-0.3, -0.25) is 4.79 Å². The van der Waals surface area contributed by atoms with Crippen LogP contribution in [0, 0.1) is 35.0 Å². The third-order valence-corrected chi connectivity index (χ3v) is 6.13. The van der Waals surface area contributed by atoms with Crippen molar-refractivity contribution in [1.82, 2.24) is 14.9 Å². The van der Waals surface area contributed by atoms with Crippen molar-refractivity contribution in [2.24, 2.45) is 23.7 Å². The Labute approximate surface area is 167 Å². The average molecular weight is 382 g/mol. The summed E-state index contributed by atoms with van der Waals surface area (Å²) in [6.45, 7) is 12.6. The summed E-state index contributed by atoms with van der Waals surface area (Å²) in [5.41, 5.74) is 2.49. The molecule has 2 aliphatic rings. The monoisotopic (exact) mass is 381 g/mol. The summed E-state index contributed by atoms with van der Waals surface area (Å²) >= 11 is 0. The van der Waals surface area contributed by atoms with Crippen LogP contribution in [-0.2, 0) is 4.79 Å². The minimum absolute atomic E-state index is 0.0902. The van der Waals surface area contributed by atoms with E-state index in [0.29, 0.717) is 11.6 Å². The maximum absolute atomic E-state index is 11.7. The lowest BCUT2D eigenvalue weighted by atomic mass is 9.87. The molecule has 0 aliphatic carbocycles. The molecule has 2 saturated heterocycles. The van der Waals surface area contributed by atoms with Crippen molar-refractivity contribution in [2.45, 2.75) is 34.1 Å². The van der Waals surface area contributed by atoms with E-state index in [1.54, 1.807) is 23.7 Å². The van der Waals surface area contributed by atoms with Crippen LogP contribution in [0.5, 0.6) is 0 Å². The number of hydrogen-bond donors (Lipinski definition) is 1. The van der Waals surface area contributed by atoms with E-state index in [1.165, 1.54) is 13.1 Å². The first-order valence-corrected chi connectivity index (χ1v) is 10.2. The van der Waals surface area contributed by atoms with Gasteiger partial charge < -0.3 is 10.2 Å². The molecule has 6 nitrogen and oxygen atoms in total. The van der Waals surface area contributed by atoms with Crippen LogP contribution in [-0.4, -0.2) is 41.6 Å². The van der Waals surface area contributed by atoms with E-state index < -0.39 is 0 Å². The summed E-state index contributed by atoms with van der Waals surface area (Å²) in [6.07, 6.45) is 2.66.